The summed E-state index contributed by atoms with van der Waals surface area (Å²) in [6.45, 7) is 31.0. The molecule has 0 aliphatic carbocycles. The Hall–Kier alpha value is 1.59. The molecule has 0 atom stereocenters. The number of nitrogens with zero attached hydrogens (tertiary/aromatic N) is 2. The van der Waals surface area contributed by atoms with Crippen LogP contribution in [0, 0.1) is 0 Å². The van der Waals surface area contributed by atoms with Crippen molar-refractivity contribution in [2.45, 2.75) is 83.0 Å². The van der Waals surface area contributed by atoms with Crippen LogP contribution in [-0.4, -0.2) is 51.9 Å². The zero-order valence-corrected chi connectivity index (χ0v) is 26.7. The molecule has 2 nitrogen and oxygen atoms in total. The fraction of sp³-hybridized carbons (Fsp3) is 0.812. The topological polar surface area (TPSA) is 28.2 Å². The van der Waals surface area contributed by atoms with Gasteiger partial charge in [0, 0.05) is 0 Å². The predicted octanol–water partition coefficient (Wildman–Crippen LogP) is 7.82. The summed E-state index contributed by atoms with van der Waals surface area (Å²) in [6, 6.07) is 0. The first kappa shape index (κ1) is 30.3. The third kappa shape index (κ3) is 43.7. The van der Waals surface area contributed by atoms with Crippen LogP contribution >= 0.6 is 12.7 Å². The van der Waals surface area contributed by atoms with Gasteiger partial charge in [-0.25, -0.2) is 0 Å². The molecule has 142 valence electrons. The normalized spacial score (nSPS) is 11.9. The van der Waals surface area contributed by atoms with Gasteiger partial charge in [-0.3, -0.25) is 0 Å². The molecule has 0 amide bonds. The van der Waals surface area contributed by atoms with Crippen LogP contribution in [0.2, 0.25) is 83.0 Å². The summed E-state index contributed by atoms with van der Waals surface area (Å²) in [4.78, 5) is 0. The Morgan fingerprint density at radius 1 is 0.750 bits per heavy atom. The summed E-state index contributed by atoms with van der Waals surface area (Å²) in [5.41, 5.74) is 2.71. The molecular formula is C16H41BrN2Si4Sn. The Morgan fingerprint density at radius 2 is 1.00 bits per heavy atom. The van der Waals surface area contributed by atoms with E-state index in [0.29, 0.717) is 0 Å². The maximum absolute atomic E-state index is 4.82. The molecule has 0 saturated heterocycles. The Balaban J connectivity index is -0.000000282. The second kappa shape index (κ2) is 13.7. The van der Waals surface area contributed by atoms with Crippen LogP contribution in [0.4, 0.5) is 0 Å². The van der Waals surface area contributed by atoms with Crippen molar-refractivity contribution >= 4 is 64.6 Å². The maximum Gasteiger partial charge on any atom is -0.0691 e. The first-order chi connectivity index (χ1) is 10.3. The van der Waals surface area contributed by atoms with E-state index in [1.807, 2.05) is 6.08 Å². The second-order valence-corrected chi connectivity index (χ2v) is 34.5. The second-order valence-electron chi connectivity index (χ2n) is 9.65. The average Bonchev–Trinajstić information content (AvgIpc) is 2.17. The molecule has 0 fully saturated rings. The number of rotatable bonds is 6. The monoisotopic (exact) mass is 572 g/mol. The van der Waals surface area contributed by atoms with E-state index in [9.17, 15) is 0 Å². The standard InChI is InChI=1S/2C6H18NSi2.C4H5.BrH.Sn/c2*1-8(2,3)7-9(4,5)6;1-3-4-2;;/h2*1-6H3;3H,1-2H2;1H;/q2*-1;;;+3/p-1. The van der Waals surface area contributed by atoms with Crippen molar-refractivity contribution in [1.29, 1.82) is 0 Å². The van der Waals surface area contributed by atoms with Gasteiger partial charge in [-0.05, 0) is 0 Å². The van der Waals surface area contributed by atoms with Gasteiger partial charge in [-0.15, -0.1) is 0 Å². The van der Waals surface area contributed by atoms with Crippen LogP contribution in [0.15, 0.2) is 18.4 Å². The minimum absolute atomic E-state index is 0.156. The summed E-state index contributed by atoms with van der Waals surface area (Å²) < 4.78 is 10.8. The van der Waals surface area contributed by atoms with Gasteiger partial charge < -0.3 is 9.30 Å². The van der Waals surface area contributed by atoms with Crippen molar-refractivity contribution in [3.8, 4) is 0 Å². The Bertz CT molecular complexity index is 310. The van der Waals surface area contributed by atoms with Gasteiger partial charge in [0.1, 0.15) is 0 Å². The van der Waals surface area contributed by atoms with E-state index >= 15 is 0 Å². The summed E-state index contributed by atoms with van der Waals surface area (Å²) in [5, 5.41) is 0. The summed E-state index contributed by atoms with van der Waals surface area (Å²) in [5.74, 6) is 0. The molecule has 0 N–H and O–H groups in total. The molecule has 0 unspecified atom stereocenters. The Labute approximate surface area is 174 Å². The smallest absolute Gasteiger partial charge is 0.0691 e. The molecule has 0 heterocycles. The molecule has 0 aromatic carbocycles. The van der Waals surface area contributed by atoms with Gasteiger partial charge in [0.15, 0.2) is 0 Å². The van der Waals surface area contributed by atoms with Crippen molar-refractivity contribution in [3.05, 3.63) is 27.7 Å². The van der Waals surface area contributed by atoms with Gasteiger partial charge in [0.05, 0.1) is 0 Å². The van der Waals surface area contributed by atoms with Crippen LogP contribution in [0.25, 0.3) is 9.30 Å². The first-order valence-corrected chi connectivity index (χ1v) is 30.7. The van der Waals surface area contributed by atoms with Crippen molar-refractivity contribution in [1.82, 2.24) is 0 Å². The number of allylic oxidation sites excluding steroid dienone is 1. The minimum atomic E-state index is -1.11. The maximum atomic E-state index is 4.82. The van der Waals surface area contributed by atoms with Crippen molar-refractivity contribution in [2.75, 3.05) is 0 Å². The van der Waals surface area contributed by atoms with Gasteiger partial charge in [-0.1, -0.05) is 112 Å². The molecule has 0 rings (SSSR count). The zero-order chi connectivity index (χ0) is 20.2. The fourth-order valence-corrected chi connectivity index (χ4v) is 19.9. The third-order valence-corrected chi connectivity index (χ3v) is 15.6. The van der Waals surface area contributed by atoms with Gasteiger partial charge >= 0.3 is 54.4 Å². The molecule has 8 heteroatoms. The minimum Gasteiger partial charge on any atom is -0.668 e. The zero-order valence-electron chi connectivity index (χ0n) is 18.3. The summed E-state index contributed by atoms with van der Waals surface area (Å²) in [7, 11) is -4.42. The van der Waals surface area contributed by atoms with E-state index in [0.717, 1.165) is 0 Å². The molecule has 0 saturated carbocycles. The molecule has 0 bridgehead atoms. The fourth-order valence-electron chi connectivity index (χ4n) is 2.12. The van der Waals surface area contributed by atoms with Crippen LogP contribution in [0.5, 0.6) is 0 Å². The number of halogens is 1. The molecule has 0 spiro atoms. The van der Waals surface area contributed by atoms with E-state index in [1.54, 1.807) is 0 Å². The van der Waals surface area contributed by atoms with E-state index in [-0.39, 0.29) is 18.9 Å². The largest absolute Gasteiger partial charge is 0.668 e. The predicted molar refractivity (Wildman–Crippen MR) is 133 cm³/mol. The molecule has 0 radical (unpaired) electrons. The summed E-state index contributed by atoms with van der Waals surface area (Å²) in [6.07, 6.45) is 1.97. The number of hydrogen-bond acceptors (Lipinski definition) is 0. The average molecular weight is 572 g/mol. The SMILES string of the molecule is C=C=C[CH2][Sn+2][Br].C[Si](C)(C)[N-][Si](C)(C)C.C[Si](C)(C)[N-][Si](C)(C)C. The van der Waals surface area contributed by atoms with E-state index < -0.39 is 32.9 Å². The van der Waals surface area contributed by atoms with Crippen molar-refractivity contribution in [3.63, 3.8) is 0 Å². The Morgan fingerprint density at radius 3 is 1.04 bits per heavy atom. The molecule has 0 aromatic heterocycles. The third-order valence-electron chi connectivity index (χ3n) is 1.67. The molecule has 0 aromatic rings. The van der Waals surface area contributed by atoms with Crippen molar-refractivity contribution < 1.29 is 0 Å². The van der Waals surface area contributed by atoms with E-state index in [4.69, 9.17) is 9.30 Å². The van der Waals surface area contributed by atoms with Gasteiger partial charge in [0.2, 0.25) is 0 Å². The number of hydrogen-bond donors (Lipinski definition) is 0. The summed E-state index contributed by atoms with van der Waals surface area (Å²) >= 11 is 3.27. The van der Waals surface area contributed by atoms with E-state index in [1.165, 1.54) is 4.44 Å². The molecule has 0 aliphatic rings. The van der Waals surface area contributed by atoms with Crippen molar-refractivity contribution in [2.24, 2.45) is 0 Å². The van der Waals surface area contributed by atoms with Crippen LogP contribution in [0.3, 0.4) is 0 Å². The van der Waals surface area contributed by atoms with Crippen LogP contribution < -0.4 is 0 Å². The van der Waals surface area contributed by atoms with Crippen LogP contribution in [0.1, 0.15) is 0 Å². The quantitative estimate of drug-likeness (QED) is 0.229. The van der Waals surface area contributed by atoms with Gasteiger partial charge in [-0.2, -0.15) is 0 Å². The molecule has 24 heavy (non-hydrogen) atoms. The Kier molecular flexibility index (Phi) is 17.3. The van der Waals surface area contributed by atoms with E-state index in [2.05, 4.69) is 104 Å². The molecular weight excluding hydrogens is 531 g/mol. The first-order valence-electron chi connectivity index (χ1n) is 8.49. The van der Waals surface area contributed by atoms with Crippen LogP contribution in [-0.2, 0) is 0 Å². The molecule has 0 aliphatic heterocycles. The van der Waals surface area contributed by atoms with Gasteiger partial charge in [0.25, 0.3) is 0 Å².